The van der Waals surface area contributed by atoms with Gasteiger partial charge in [0, 0.05) is 44.8 Å². The van der Waals surface area contributed by atoms with Crippen LogP contribution in [0.25, 0.3) is 105 Å². The fourth-order valence-corrected chi connectivity index (χ4v) is 18.1. The summed E-state index contributed by atoms with van der Waals surface area (Å²) in [5.41, 5.74) is 34.3. The lowest BCUT2D eigenvalue weighted by Gasteiger charge is -2.36. The topological polar surface area (TPSA) is 9.86 Å². The Morgan fingerprint density at radius 2 is 0.898 bits per heavy atom. The summed E-state index contributed by atoms with van der Waals surface area (Å²) >= 11 is 0. The lowest BCUT2D eigenvalue weighted by Crippen LogP contribution is -2.33. The van der Waals surface area contributed by atoms with Gasteiger partial charge in [0.1, 0.15) is 0 Å². The van der Waals surface area contributed by atoms with Gasteiger partial charge in [0.05, 0.1) is 32.9 Å². The van der Waals surface area contributed by atoms with Crippen LogP contribution in [0.15, 0.2) is 308 Å². The number of rotatable bonds is 5. The average Bonchev–Trinajstić information content (AvgIpc) is 1.53. The van der Waals surface area contributed by atoms with E-state index in [1.54, 1.807) is 0 Å². The smallest absolute Gasteiger partial charge is 0.0725 e. The molecule has 2 unspecified atom stereocenters. The molecule has 2 nitrogen and oxygen atoms in total. The highest BCUT2D eigenvalue weighted by Crippen LogP contribution is 2.68. The summed E-state index contributed by atoms with van der Waals surface area (Å²) in [5.74, 6) is 0.615. The predicted octanol–water partition coefficient (Wildman–Crippen LogP) is 21.4. The Kier molecular flexibility index (Phi) is 9.96. The van der Waals surface area contributed by atoms with Crippen LogP contribution in [-0.4, -0.2) is 9.13 Å². The molecule has 412 valence electrons. The maximum absolute atomic E-state index is 2.68. The number of aromatic nitrogens is 2. The Hall–Kier alpha value is -10.5. The van der Waals surface area contributed by atoms with Gasteiger partial charge in [-0.15, -0.1) is 0 Å². The summed E-state index contributed by atoms with van der Waals surface area (Å²) in [6, 6.07) is 95.0. The highest BCUT2D eigenvalue weighted by Gasteiger charge is 2.58. The van der Waals surface area contributed by atoms with Crippen molar-refractivity contribution in [3.05, 3.63) is 352 Å². The van der Waals surface area contributed by atoms with Crippen molar-refractivity contribution in [1.29, 1.82) is 0 Å². The third-order valence-electron chi connectivity index (χ3n) is 21.7. The first-order valence-corrected chi connectivity index (χ1v) is 31.7. The Bertz CT molecular complexity index is 5350. The molecule has 2 spiro atoms. The number of nitrogens with zero attached hydrogens (tertiary/aromatic N) is 2. The number of benzene rings is 11. The molecule has 7 aliphatic carbocycles. The molecule has 0 aliphatic heterocycles. The number of hydrogen-bond acceptors (Lipinski definition) is 0. The molecule has 13 aromatic rings. The number of para-hydroxylation sites is 2. The minimum atomic E-state index is -0.384. The van der Waals surface area contributed by atoms with Gasteiger partial charge in [-0.05, 0) is 186 Å². The van der Waals surface area contributed by atoms with Crippen molar-refractivity contribution >= 4 is 54.9 Å². The molecule has 0 bridgehead atoms. The van der Waals surface area contributed by atoms with Gasteiger partial charge >= 0.3 is 0 Å². The summed E-state index contributed by atoms with van der Waals surface area (Å²) in [6.07, 6.45) is 21.1. The van der Waals surface area contributed by atoms with Crippen molar-refractivity contribution in [2.24, 2.45) is 5.92 Å². The monoisotopic (exact) mass is 1120 g/mol. The van der Waals surface area contributed by atoms with Crippen LogP contribution >= 0.6 is 0 Å². The van der Waals surface area contributed by atoms with E-state index < -0.39 is 0 Å². The number of hydrogen-bond donors (Lipinski definition) is 0. The first kappa shape index (κ1) is 48.7. The highest BCUT2D eigenvalue weighted by atomic mass is 15.0. The van der Waals surface area contributed by atoms with Gasteiger partial charge in [0.2, 0.25) is 0 Å². The van der Waals surface area contributed by atoms with Gasteiger partial charge in [0.25, 0.3) is 0 Å². The minimum absolute atomic E-state index is 0.212. The van der Waals surface area contributed by atoms with Crippen LogP contribution in [0.2, 0.25) is 0 Å². The quantitative estimate of drug-likeness (QED) is 0.163. The van der Waals surface area contributed by atoms with Crippen LogP contribution in [0.4, 0.5) is 0 Å². The summed E-state index contributed by atoms with van der Waals surface area (Å²) in [6.45, 7) is 0. The zero-order valence-electron chi connectivity index (χ0n) is 48.6. The highest BCUT2D eigenvalue weighted by molar-refractivity contribution is 6.12. The van der Waals surface area contributed by atoms with E-state index >= 15 is 0 Å². The lowest BCUT2D eigenvalue weighted by atomic mass is 9.65. The maximum atomic E-state index is 2.68. The second-order valence-corrected chi connectivity index (χ2v) is 25.5. The van der Waals surface area contributed by atoms with Gasteiger partial charge in [-0.2, -0.15) is 0 Å². The second kappa shape index (κ2) is 18.0. The van der Waals surface area contributed by atoms with Crippen molar-refractivity contribution in [3.8, 4) is 50.2 Å². The molecule has 0 amide bonds. The van der Waals surface area contributed by atoms with Crippen molar-refractivity contribution in [2.45, 2.75) is 42.4 Å². The van der Waals surface area contributed by atoms with E-state index in [0.29, 0.717) is 5.92 Å². The van der Waals surface area contributed by atoms with E-state index in [9.17, 15) is 0 Å². The van der Waals surface area contributed by atoms with E-state index in [1.165, 1.54) is 166 Å². The Morgan fingerprint density at radius 3 is 1.55 bits per heavy atom. The molecule has 11 aromatic carbocycles. The molecule has 2 heteroatoms. The van der Waals surface area contributed by atoms with Crippen molar-refractivity contribution in [3.63, 3.8) is 0 Å². The third kappa shape index (κ3) is 6.31. The van der Waals surface area contributed by atoms with E-state index in [-0.39, 0.29) is 16.7 Å². The Morgan fingerprint density at radius 1 is 0.375 bits per heavy atom. The summed E-state index contributed by atoms with van der Waals surface area (Å²) in [7, 11) is 0. The largest absolute Gasteiger partial charge is 0.313 e. The molecule has 88 heavy (non-hydrogen) atoms. The third-order valence-corrected chi connectivity index (χ3v) is 21.7. The van der Waals surface area contributed by atoms with Crippen LogP contribution in [0.3, 0.4) is 0 Å². The van der Waals surface area contributed by atoms with Crippen LogP contribution < -0.4 is 0 Å². The van der Waals surface area contributed by atoms with Gasteiger partial charge in [-0.3, -0.25) is 0 Å². The minimum Gasteiger partial charge on any atom is -0.313 e. The molecule has 2 atom stereocenters. The fraction of sp³-hybridized carbons (Fsp3) is 0.0930. The van der Waals surface area contributed by atoms with E-state index in [1.807, 2.05) is 0 Å². The van der Waals surface area contributed by atoms with E-state index in [2.05, 4.69) is 300 Å². The Labute approximate surface area is 512 Å². The molecule has 0 saturated heterocycles. The first-order chi connectivity index (χ1) is 43.6. The second-order valence-electron chi connectivity index (χ2n) is 25.5. The lowest BCUT2D eigenvalue weighted by molar-refractivity contribution is 0.470. The SMILES string of the molecule is C1=CCC2C(=C1)C1=CCC(c3ccc4c5ccccc5n(-c5ccc(C6=CC=C(n7c8ccccc8c8ccc(-c9ccc%10c(c9)C9(c%11ccccc%11-c%11ccccc%119)c9ccccc9-%10)cc87)CC6)cc5)c4c3)C=C1C21c2ccccc2-c2ccccc21. The van der Waals surface area contributed by atoms with Gasteiger partial charge in [-0.25, -0.2) is 0 Å². The van der Waals surface area contributed by atoms with Crippen LogP contribution in [0.5, 0.6) is 0 Å². The van der Waals surface area contributed by atoms with Gasteiger partial charge in [-0.1, -0.05) is 243 Å². The summed E-state index contributed by atoms with van der Waals surface area (Å²) in [5, 5.41) is 5.14. The molecule has 7 aliphatic rings. The molecule has 2 heterocycles. The van der Waals surface area contributed by atoms with Crippen LogP contribution in [-0.2, 0) is 10.8 Å². The molecule has 1 fully saturated rings. The van der Waals surface area contributed by atoms with Crippen LogP contribution in [0, 0.1) is 5.92 Å². The van der Waals surface area contributed by atoms with Gasteiger partial charge in [0.15, 0.2) is 0 Å². The zero-order chi connectivity index (χ0) is 57.4. The molecule has 0 radical (unpaired) electrons. The van der Waals surface area contributed by atoms with E-state index in [0.717, 1.165) is 25.7 Å². The van der Waals surface area contributed by atoms with Gasteiger partial charge < -0.3 is 9.13 Å². The van der Waals surface area contributed by atoms with Crippen molar-refractivity contribution < 1.29 is 0 Å². The summed E-state index contributed by atoms with van der Waals surface area (Å²) in [4.78, 5) is 0. The molecular formula is C86H58N2. The maximum Gasteiger partial charge on any atom is 0.0725 e. The number of fused-ring (bicyclic) bond motifs is 26. The average molecular weight is 1120 g/mol. The standard InChI is InChI=1S/C86H58N2/c1-9-25-73-61(17-1)62-18-2-10-26-74(62)85(73)77-29-13-5-21-65(77)67-45-37-55(49-79(67)85)57-39-47-71-69-23-7-15-31-81(69)87(83(71)51-57)59-41-33-53(34-42-59)54-35-43-60(44-36-54)88-82-32-16-8-24-70(82)72-48-40-58(52-84(72)88)56-38-46-68-66-22-6-14-30-78(66)86(80(68)50-56)75-27-11-3-19-63(75)64-20-4-12-28-76(64)86/h1-29,31-33,35-37,39-41,43-52,56,78H,30,34,38,42H2. The molecular weight excluding hydrogens is 1060 g/mol. The van der Waals surface area contributed by atoms with E-state index in [4.69, 9.17) is 0 Å². The normalized spacial score (nSPS) is 18.3. The summed E-state index contributed by atoms with van der Waals surface area (Å²) < 4.78 is 5.06. The Balaban J connectivity index is 0.652. The molecule has 2 aromatic heterocycles. The van der Waals surface area contributed by atoms with Crippen molar-refractivity contribution in [2.75, 3.05) is 0 Å². The van der Waals surface area contributed by atoms with Crippen LogP contribution in [0.1, 0.15) is 76.1 Å². The molecule has 20 rings (SSSR count). The fourth-order valence-electron chi connectivity index (χ4n) is 18.1. The molecule has 1 saturated carbocycles. The predicted molar refractivity (Wildman–Crippen MR) is 365 cm³/mol. The zero-order valence-corrected chi connectivity index (χ0v) is 48.6. The first-order valence-electron chi connectivity index (χ1n) is 31.7. The molecule has 0 N–H and O–H groups in total. The number of allylic oxidation sites excluding steroid dienone is 12. The van der Waals surface area contributed by atoms with Crippen molar-refractivity contribution in [1.82, 2.24) is 9.13 Å².